The summed E-state index contributed by atoms with van der Waals surface area (Å²) < 4.78 is 0. The number of aromatic amines is 1. The molecule has 0 saturated carbocycles. The van der Waals surface area contributed by atoms with Crippen molar-refractivity contribution in [1.82, 2.24) is 24.9 Å². The highest BCUT2D eigenvalue weighted by Gasteiger charge is 2.24. The van der Waals surface area contributed by atoms with Gasteiger partial charge in [-0.05, 0) is 43.0 Å². The number of pyridine rings is 1. The van der Waals surface area contributed by atoms with Crippen LogP contribution in [0.5, 0.6) is 5.88 Å². The van der Waals surface area contributed by atoms with Crippen molar-refractivity contribution in [3.8, 4) is 17.3 Å². The highest BCUT2D eigenvalue weighted by Crippen LogP contribution is 2.33. The summed E-state index contributed by atoms with van der Waals surface area (Å²) in [4.78, 5) is 22.1. The third kappa shape index (κ3) is 2.80. The van der Waals surface area contributed by atoms with Gasteiger partial charge < -0.3 is 15.4 Å². The fourth-order valence-electron chi connectivity index (χ4n) is 4.24. The summed E-state index contributed by atoms with van der Waals surface area (Å²) in [5, 5.41) is 15.1. The maximum absolute atomic E-state index is 10.2. The SMILES string of the molecule is Oc1ncccc1-c1nc(N[C@@H]2CCc3[nH]c4ccccc4c3C2)c2ncsc2n1. The first-order chi connectivity index (χ1) is 14.8. The van der Waals surface area contributed by atoms with Gasteiger partial charge in [0.25, 0.3) is 0 Å². The molecule has 30 heavy (non-hydrogen) atoms. The topological polar surface area (TPSA) is 99.6 Å². The lowest BCUT2D eigenvalue weighted by atomic mass is 9.91. The zero-order valence-electron chi connectivity index (χ0n) is 16.0. The summed E-state index contributed by atoms with van der Waals surface area (Å²) in [5.41, 5.74) is 6.95. The van der Waals surface area contributed by atoms with Crippen molar-refractivity contribution in [2.75, 3.05) is 5.32 Å². The number of anilines is 1. The fraction of sp³-hybridized carbons (Fsp3) is 0.182. The van der Waals surface area contributed by atoms with Crippen molar-refractivity contribution in [3.63, 3.8) is 0 Å². The number of hydrogen-bond donors (Lipinski definition) is 3. The molecule has 1 aliphatic carbocycles. The van der Waals surface area contributed by atoms with Crippen LogP contribution in [0.1, 0.15) is 17.7 Å². The van der Waals surface area contributed by atoms with Crippen LogP contribution < -0.4 is 5.32 Å². The van der Waals surface area contributed by atoms with E-state index in [1.165, 1.54) is 33.5 Å². The van der Waals surface area contributed by atoms with Crippen LogP contribution in [0, 0.1) is 0 Å². The molecule has 7 nitrogen and oxygen atoms in total. The molecule has 1 atom stereocenters. The van der Waals surface area contributed by atoms with Gasteiger partial charge in [0.05, 0.1) is 11.1 Å². The summed E-state index contributed by atoms with van der Waals surface area (Å²) in [6, 6.07) is 12.2. The molecule has 5 aromatic rings. The molecule has 1 aliphatic rings. The van der Waals surface area contributed by atoms with Gasteiger partial charge in [0.15, 0.2) is 11.6 Å². The highest BCUT2D eigenvalue weighted by atomic mass is 32.1. The maximum Gasteiger partial charge on any atom is 0.222 e. The van der Waals surface area contributed by atoms with E-state index in [2.05, 4.69) is 49.5 Å². The molecule has 0 bridgehead atoms. The Labute approximate surface area is 175 Å². The first-order valence-corrected chi connectivity index (χ1v) is 10.7. The normalized spacial score (nSPS) is 16.1. The van der Waals surface area contributed by atoms with Crippen LogP contribution in [0.25, 0.3) is 32.6 Å². The van der Waals surface area contributed by atoms with Crippen LogP contribution >= 0.6 is 11.3 Å². The Morgan fingerprint density at radius 3 is 2.97 bits per heavy atom. The number of hydrogen-bond acceptors (Lipinski definition) is 7. The average molecular weight is 414 g/mol. The quantitative estimate of drug-likeness (QED) is 0.407. The molecule has 1 aromatic carbocycles. The van der Waals surface area contributed by atoms with Crippen molar-refractivity contribution in [2.24, 2.45) is 0 Å². The lowest BCUT2D eigenvalue weighted by Gasteiger charge is -2.24. The van der Waals surface area contributed by atoms with Crippen molar-refractivity contribution in [2.45, 2.75) is 25.3 Å². The summed E-state index contributed by atoms with van der Waals surface area (Å²) >= 11 is 1.46. The second kappa shape index (κ2) is 6.77. The number of para-hydroxylation sites is 1. The summed E-state index contributed by atoms with van der Waals surface area (Å²) in [5.74, 6) is 1.07. The molecule has 3 N–H and O–H groups in total. The molecule has 0 spiro atoms. The van der Waals surface area contributed by atoms with Gasteiger partial charge in [-0.25, -0.2) is 19.9 Å². The van der Waals surface area contributed by atoms with E-state index in [4.69, 9.17) is 4.98 Å². The molecule has 6 rings (SSSR count). The molecule has 0 unspecified atom stereocenters. The zero-order chi connectivity index (χ0) is 20.1. The first kappa shape index (κ1) is 17.3. The van der Waals surface area contributed by atoms with E-state index < -0.39 is 0 Å². The standard InChI is InChI=1S/C22H18N6OS/c29-21-14(5-3-9-23-21)19-27-20(18-22(28-19)30-11-24-18)25-12-7-8-17-15(10-12)13-4-1-2-6-16(13)26-17/h1-6,9,11-12,26H,7-8,10H2,(H,23,29)(H,25,27,28)/t12-/m1/s1. The highest BCUT2D eigenvalue weighted by molar-refractivity contribution is 7.16. The minimum absolute atomic E-state index is 0.0755. The minimum atomic E-state index is -0.0755. The monoisotopic (exact) mass is 414 g/mol. The van der Waals surface area contributed by atoms with Gasteiger partial charge in [-0.2, -0.15) is 0 Å². The number of aromatic hydroxyl groups is 1. The zero-order valence-corrected chi connectivity index (χ0v) is 16.8. The van der Waals surface area contributed by atoms with Gasteiger partial charge in [0.2, 0.25) is 5.88 Å². The van der Waals surface area contributed by atoms with E-state index in [9.17, 15) is 5.11 Å². The van der Waals surface area contributed by atoms with E-state index in [-0.39, 0.29) is 11.9 Å². The van der Waals surface area contributed by atoms with E-state index in [0.29, 0.717) is 17.2 Å². The lowest BCUT2D eigenvalue weighted by Crippen LogP contribution is -2.27. The maximum atomic E-state index is 10.2. The average Bonchev–Trinajstić information content (AvgIpc) is 3.38. The summed E-state index contributed by atoms with van der Waals surface area (Å²) in [7, 11) is 0. The predicted octanol–water partition coefficient (Wildman–Crippen LogP) is 4.30. The molecule has 4 heterocycles. The van der Waals surface area contributed by atoms with Crippen molar-refractivity contribution in [1.29, 1.82) is 0 Å². The van der Waals surface area contributed by atoms with Crippen molar-refractivity contribution in [3.05, 3.63) is 59.4 Å². The van der Waals surface area contributed by atoms with Gasteiger partial charge in [-0.3, -0.25) is 0 Å². The molecule has 148 valence electrons. The number of H-pyrrole nitrogens is 1. The predicted molar refractivity (Wildman–Crippen MR) is 118 cm³/mol. The van der Waals surface area contributed by atoms with Gasteiger partial charge in [0, 0.05) is 28.8 Å². The fourth-order valence-corrected chi connectivity index (χ4v) is 4.90. The minimum Gasteiger partial charge on any atom is -0.493 e. The van der Waals surface area contributed by atoms with E-state index >= 15 is 0 Å². The Hall–Kier alpha value is -3.52. The van der Waals surface area contributed by atoms with Crippen LogP contribution in [0.15, 0.2) is 48.1 Å². The molecule has 0 radical (unpaired) electrons. The third-order valence-corrected chi connectivity index (χ3v) is 6.38. The Balaban J connectivity index is 1.38. The van der Waals surface area contributed by atoms with Crippen LogP contribution in [0.2, 0.25) is 0 Å². The van der Waals surface area contributed by atoms with Crippen LogP contribution in [0.3, 0.4) is 0 Å². The molecule has 8 heteroatoms. The Morgan fingerprint density at radius 2 is 2.03 bits per heavy atom. The van der Waals surface area contributed by atoms with E-state index in [0.717, 1.165) is 29.6 Å². The first-order valence-electron chi connectivity index (χ1n) is 9.87. The van der Waals surface area contributed by atoms with Gasteiger partial charge in [-0.1, -0.05) is 18.2 Å². The number of nitrogens with one attached hydrogen (secondary N) is 2. The molecular formula is C22H18N6OS. The molecule has 0 amide bonds. The van der Waals surface area contributed by atoms with Gasteiger partial charge in [-0.15, -0.1) is 11.3 Å². The number of thiazole rings is 1. The number of aromatic nitrogens is 5. The molecular weight excluding hydrogens is 396 g/mol. The van der Waals surface area contributed by atoms with Gasteiger partial charge in [0.1, 0.15) is 10.3 Å². The number of nitrogens with zero attached hydrogens (tertiary/aromatic N) is 4. The van der Waals surface area contributed by atoms with Crippen molar-refractivity contribution >= 4 is 38.4 Å². The molecule has 4 aromatic heterocycles. The van der Waals surface area contributed by atoms with Crippen LogP contribution in [0.4, 0.5) is 5.82 Å². The molecule has 0 aliphatic heterocycles. The second-order valence-electron chi connectivity index (χ2n) is 7.49. The Bertz CT molecular complexity index is 1390. The summed E-state index contributed by atoms with van der Waals surface area (Å²) in [6.45, 7) is 0. The lowest BCUT2D eigenvalue weighted by molar-refractivity contribution is 0.455. The Morgan fingerprint density at radius 1 is 1.10 bits per heavy atom. The summed E-state index contributed by atoms with van der Waals surface area (Å²) in [6.07, 6.45) is 4.46. The number of fused-ring (bicyclic) bond motifs is 4. The Kier molecular flexibility index (Phi) is 3.92. The second-order valence-corrected chi connectivity index (χ2v) is 8.32. The molecule has 0 saturated heterocycles. The third-order valence-electron chi connectivity index (χ3n) is 5.66. The number of aryl methyl sites for hydroxylation is 1. The largest absolute Gasteiger partial charge is 0.493 e. The molecule has 0 fully saturated rings. The smallest absolute Gasteiger partial charge is 0.222 e. The van der Waals surface area contributed by atoms with Crippen molar-refractivity contribution < 1.29 is 5.11 Å². The van der Waals surface area contributed by atoms with E-state index in [1.54, 1.807) is 23.8 Å². The number of benzene rings is 1. The van der Waals surface area contributed by atoms with Gasteiger partial charge >= 0.3 is 0 Å². The van der Waals surface area contributed by atoms with Crippen LogP contribution in [-0.2, 0) is 12.8 Å². The van der Waals surface area contributed by atoms with Crippen LogP contribution in [-0.4, -0.2) is 36.1 Å². The van der Waals surface area contributed by atoms with E-state index in [1.807, 2.05) is 0 Å². The number of rotatable bonds is 3.